The zero-order valence-electron chi connectivity index (χ0n) is 12.5. The first-order chi connectivity index (χ1) is 8.12. The summed E-state index contributed by atoms with van der Waals surface area (Å²) in [5.74, 6) is 0.859. The molecule has 1 aliphatic heterocycles. The van der Waals surface area contributed by atoms with Gasteiger partial charge in [-0.05, 0) is 32.1 Å². The number of hydrogen-bond donors (Lipinski definition) is 1. The normalized spacial score (nSPS) is 30.2. The van der Waals surface area contributed by atoms with E-state index in [-0.39, 0.29) is 0 Å². The van der Waals surface area contributed by atoms with Crippen LogP contribution >= 0.6 is 0 Å². The molecule has 0 spiro atoms. The Labute approximate surface area is 108 Å². The van der Waals surface area contributed by atoms with Gasteiger partial charge < -0.3 is 5.32 Å². The van der Waals surface area contributed by atoms with Gasteiger partial charge in [-0.15, -0.1) is 0 Å². The van der Waals surface area contributed by atoms with Gasteiger partial charge in [-0.1, -0.05) is 34.1 Å². The molecule has 0 bridgehead atoms. The highest BCUT2D eigenvalue weighted by molar-refractivity contribution is 4.88. The Hall–Kier alpha value is -0.0800. The van der Waals surface area contributed by atoms with E-state index in [1.54, 1.807) is 0 Å². The minimum Gasteiger partial charge on any atom is -0.311 e. The van der Waals surface area contributed by atoms with Gasteiger partial charge in [0.05, 0.1) is 0 Å². The molecule has 1 heterocycles. The molecular formula is C15H32N2. The van der Waals surface area contributed by atoms with Crippen LogP contribution in [-0.4, -0.2) is 36.1 Å². The highest BCUT2D eigenvalue weighted by Gasteiger charge is 2.29. The molecule has 0 aromatic heterocycles. The van der Waals surface area contributed by atoms with Gasteiger partial charge in [0.2, 0.25) is 0 Å². The quantitative estimate of drug-likeness (QED) is 0.766. The second-order valence-corrected chi connectivity index (χ2v) is 5.87. The number of nitrogens with zero attached hydrogens (tertiary/aromatic N) is 1. The molecule has 1 aliphatic rings. The molecule has 0 saturated carbocycles. The minimum atomic E-state index is 0.706. The Morgan fingerprint density at radius 1 is 1.18 bits per heavy atom. The molecule has 2 nitrogen and oxygen atoms in total. The van der Waals surface area contributed by atoms with E-state index < -0.39 is 0 Å². The fraction of sp³-hybridized carbons (Fsp3) is 1.00. The van der Waals surface area contributed by atoms with E-state index in [1.807, 2.05) is 0 Å². The van der Waals surface area contributed by atoms with Crippen molar-refractivity contribution in [1.82, 2.24) is 10.2 Å². The van der Waals surface area contributed by atoms with E-state index in [1.165, 1.54) is 38.8 Å². The Kier molecular flexibility index (Phi) is 6.50. The third-order valence-corrected chi connectivity index (χ3v) is 4.51. The van der Waals surface area contributed by atoms with Crippen LogP contribution in [0.5, 0.6) is 0 Å². The summed E-state index contributed by atoms with van der Waals surface area (Å²) in [7, 11) is 0. The predicted octanol–water partition coefficient (Wildman–Crippen LogP) is 3.27. The molecule has 0 aromatic carbocycles. The third kappa shape index (κ3) is 4.26. The zero-order valence-corrected chi connectivity index (χ0v) is 12.5. The maximum absolute atomic E-state index is 3.68. The zero-order chi connectivity index (χ0) is 12.8. The lowest BCUT2D eigenvalue weighted by Gasteiger charge is -2.44. The van der Waals surface area contributed by atoms with Crippen molar-refractivity contribution < 1.29 is 0 Å². The summed E-state index contributed by atoms with van der Waals surface area (Å²) in [6.07, 6.45) is 5.19. The molecule has 2 heteroatoms. The number of piperazine rings is 1. The lowest BCUT2D eigenvalue weighted by atomic mass is 9.95. The first-order valence-corrected chi connectivity index (χ1v) is 7.61. The molecule has 102 valence electrons. The van der Waals surface area contributed by atoms with Crippen molar-refractivity contribution in [2.75, 3.05) is 13.1 Å². The molecule has 0 aromatic rings. The number of nitrogens with one attached hydrogen (secondary N) is 1. The summed E-state index contributed by atoms with van der Waals surface area (Å²) >= 11 is 0. The average Bonchev–Trinajstić information content (AvgIpc) is 2.37. The van der Waals surface area contributed by atoms with Crippen LogP contribution in [0.3, 0.4) is 0 Å². The largest absolute Gasteiger partial charge is 0.311 e. The molecular weight excluding hydrogens is 208 g/mol. The summed E-state index contributed by atoms with van der Waals surface area (Å²) < 4.78 is 0. The van der Waals surface area contributed by atoms with Crippen LogP contribution in [0.15, 0.2) is 0 Å². The standard InChI is InChI=1S/C15H32N2/c1-6-12(4)9-13(5)17-11-14(7-2)16-10-15(17)8-3/h12-16H,6-11H2,1-5H3. The highest BCUT2D eigenvalue weighted by atomic mass is 15.2. The monoisotopic (exact) mass is 240 g/mol. The molecule has 4 unspecified atom stereocenters. The van der Waals surface area contributed by atoms with Gasteiger partial charge in [0, 0.05) is 31.2 Å². The Bertz CT molecular complexity index is 205. The van der Waals surface area contributed by atoms with E-state index >= 15 is 0 Å². The number of hydrogen-bond acceptors (Lipinski definition) is 2. The van der Waals surface area contributed by atoms with Gasteiger partial charge in [0.15, 0.2) is 0 Å². The summed E-state index contributed by atoms with van der Waals surface area (Å²) in [6.45, 7) is 14.2. The van der Waals surface area contributed by atoms with Gasteiger partial charge in [-0.3, -0.25) is 4.90 Å². The van der Waals surface area contributed by atoms with Crippen molar-refractivity contribution in [3.8, 4) is 0 Å². The van der Waals surface area contributed by atoms with E-state index in [2.05, 4.69) is 44.8 Å². The van der Waals surface area contributed by atoms with E-state index in [4.69, 9.17) is 0 Å². The molecule has 1 fully saturated rings. The van der Waals surface area contributed by atoms with Crippen molar-refractivity contribution in [3.63, 3.8) is 0 Å². The van der Waals surface area contributed by atoms with Crippen LogP contribution < -0.4 is 5.32 Å². The lowest BCUT2D eigenvalue weighted by Crippen LogP contribution is -2.58. The van der Waals surface area contributed by atoms with Crippen molar-refractivity contribution >= 4 is 0 Å². The van der Waals surface area contributed by atoms with Crippen LogP contribution in [-0.2, 0) is 0 Å². The van der Waals surface area contributed by atoms with E-state index in [0.717, 1.165) is 18.0 Å². The molecule has 0 radical (unpaired) electrons. The van der Waals surface area contributed by atoms with E-state index in [9.17, 15) is 0 Å². The van der Waals surface area contributed by atoms with Crippen LogP contribution in [0.1, 0.15) is 60.3 Å². The van der Waals surface area contributed by atoms with Gasteiger partial charge in [-0.25, -0.2) is 0 Å². The molecule has 0 aliphatic carbocycles. The number of rotatable bonds is 6. The van der Waals surface area contributed by atoms with Crippen molar-refractivity contribution in [2.24, 2.45) is 5.92 Å². The van der Waals surface area contributed by atoms with Crippen LogP contribution in [0.4, 0.5) is 0 Å². The Morgan fingerprint density at radius 2 is 1.88 bits per heavy atom. The first-order valence-electron chi connectivity index (χ1n) is 7.61. The van der Waals surface area contributed by atoms with Crippen molar-refractivity contribution in [1.29, 1.82) is 0 Å². The topological polar surface area (TPSA) is 15.3 Å². The second kappa shape index (κ2) is 7.38. The van der Waals surface area contributed by atoms with Crippen LogP contribution in [0.25, 0.3) is 0 Å². The smallest absolute Gasteiger partial charge is 0.0221 e. The summed E-state index contributed by atoms with van der Waals surface area (Å²) in [4.78, 5) is 2.76. The fourth-order valence-electron chi connectivity index (χ4n) is 2.96. The maximum atomic E-state index is 3.68. The minimum absolute atomic E-state index is 0.706. The summed E-state index contributed by atoms with van der Waals surface area (Å²) in [5.41, 5.74) is 0. The lowest BCUT2D eigenvalue weighted by molar-refractivity contribution is 0.0739. The van der Waals surface area contributed by atoms with Crippen molar-refractivity contribution in [2.45, 2.75) is 78.4 Å². The molecule has 1 rings (SSSR count). The van der Waals surface area contributed by atoms with Gasteiger partial charge in [-0.2, -0.15) is 0 Å². The van der Waals surface area contributed by atoms with E-state index in [0.29, 0.717) is 6.04 Å². The highest BCUT2D eigenvalue weighted by Crippen LogP contribution is 2.21. The fourth-order valence-corrected chi connectivity index (χ4v) is 2.96. The van der Waals surface area contributed by atoms with Crippen LogP contribution in [0, 0.1) is 5.92 Å². The Balaban J connectivity index is 2.55. The van der Waals surface area contributed by atoms with Gasteiger partial charge in [0.1, 0.15) is 0 Å². The second-order valence-electron chi connectivity index (χ2n) is 5.87. The molecule has 17 heavy (non-hydrogen) atoms. The van der Waals surface area contributed by atoms with Crippen LogP contribution in [0.2, 0.25) is 0 Å². The maximum Gasteiger partial charge on any atom is 0.0221 e. The predicted molar refractivity (Wildman–Crippen MR) is 76.4 cm³/mol. The third-order valence-electron chi connectivity index (χ3n) is 4.51. The average molecular weight is 240 g/mol. The first kappa shape index (κ1) is 15.0. The van der Waals surface area contributed by atoms with Crippen molar-refractivity contribution in [3.05, 3.63) is 0 Å². The molecule has 1 saturated heterocycles. The Morgan fingerprint density at radius 3 is 2.41 bits per heavy atom. The SMILES string of the molecule is CCC(C)CC(C)N1CC(CC)NCC1CC. The molecule has 4 atom stereocenters. The van der Waals surface area contributed by atoms with Gasteiger partial charge >= 0.3 is 0 Å². The molecule has 0 amide bonds. The summed E-state index contributed by atoms with van der Waals surface area (Å²) in [5, 5.41) is 3.68. The summed E-state index contributed by atoms with van der Waals surface area (Å²) in [6, 6.07) is 2.19. The molecule has 1 N–H and O–H groups in total. The van der Waals surface area contributed by atoms with Gasteiger partial charge in [0.25, 0.3) is 0 Å².